The highest BCUT2D eigenvalue weighted by Gasteiger charge is 2.25. The number of H-pyrrole nitrogens is 1. The number of amides is 1. The van der Waals surface area contributed by atoms with Crippen LogP contribution in [0.2, 0.25) is 0 Å². The third kappa shape index (κ3) is 3.46. The van der Waals surface area contributed by atoms with Gasteiger partial charge in [-0.15, -0.1) is 0 Å². The summed E-state index contributed by atoms with van der Waals surface area (Å²) in [6.07, 6.45) is 2.77. The quantitative estimate of drug-likeness (QED) is 0.550. The summed E-state index contributed by atoms with van der Waals surface area (Å²) < 4.78 is 0. The van der Waals surface area contributed by atoms with Gasteiger partial charge in [-0.25, -0.2) is 9.97 Å². The normalized spacial score (nSPS) is 16.1. The van der Waals surface area contributed by atoms with Crippen LogP contribution in [0.1, 0.15) is 16.9 Å². The van der Waals surface area contributed by atoms with E-state index in [1.165, 1.54) is 0 Å². The summed E-state index contributed by atoms with van der Waals surface area (Å²) >= 11 is 0. The summed E-state index contributed by atoms with van der Waals surface area (Å²) in [5.74, 6) is -0.0485. The molecule has 1 aliphatic heterocycles. The van der Waals surface area contributed by atoms with Crippen LogP contribution in [0.5, 0.6) is 0 Å². The predicted molar refractivity (Wildman–Crippen MR) is 118 cm³/mol. The van der Waals surface area contributed by atoms with Crippen molar-refractivity contribution in [3.8, 4) is 22.5 Å². The maximum atomic E-state index is 12.9. The molecule has 1 amide bonds. The number of likely N-dealkylation sites (N-methyl/N-ethyl adjacent to an activating group) is 1. The van der Waals surface area contributed by atoms with E-state index in [1.807, 2.05) is 37.4 Å². The molecule has 3 aromatic heterocycles. The molecule has 2 N–H and O–H groups in total. The molecule has 30 heavy (non-hydrogen) atoms. The van der Waals surface area contributed by atoms with Gasteiger partial charge in [-0.2, -0.15) is 0 Å². The van der Waals surface area contributed by atoms with Crippen molar-refractivity contribution in [1.82, 2.24) is 25.2 Å². The number of nitrogens with one attached hydrogen (secondary N) is 2. The number of carbonyl (C=O) groups excluding carboxylic acids is 1. The van der Waals surface area contributed by atoms with Crippen molar-refractivity contribution in [2.24, 2.45) is 0 Å². The first-order valence-electron chi connectivity index (χ1n) is 10.2. The Bertz CT molecular complexity index is 1190. The molecule has 1 aromatic carbocycles. The Morgan fingerprint density at radius 3 is 2.73 bits per heavy atom. The molecule has 0 saturated carbocycles. The second kappa shape index (κ2) is 7.72. The van der Waals surface area contributed by atoms with Crippen LogP contribution in [0.4, 0.5) is 0 Å². The molecule has 4 heterocycles. The van der Waals surface area contributed by atoms with Crippen LogP contribution in [0.15, 0.2) is 66.9 Å². The molecule has 0 radical (unpaired) electrons. The highest BCUT2D eigenvalue weighted by atomic mass is 16.2. The van der Waals surface area contributed by atoms with Crippen molar-refractivity contribution < 1.29 is 4.79 Å². The largest absolute Gasteiger partial charge is 0.339 e. The zero-order valence-corrected chi connectivity index (χ0v) is 16.8. The van der Waals surface area contributed by atoms with Gasteiger partial charge in [0.1, 0.15) is 11.3 Å². The van der Waals surface area contributed by atoms with Crippen LogP contribution < -0.4 is 5.32 Å². The topological polar surface area (TPSA) is 73.9 Å². The molecule has 1 unspecified atom stereocenters. The third-order valence-electron chi connectivity index (χ3n) is 5.72. The van der Waals surface area contributed by atoms with Crippen LogP contribution in [-0.2, 0) is 0 Å². The molecular weight excluding hydrogens is 374 g/mol. The number of benzene rings is 1. The lowest BCUT2D eigenvalue weighted by Gasteiger charge is -2.23. The minimum atomic E-state index is -0.0485. The van der Waals surface area contributed by atoms with E-state index in [0.717, 1.165) is 53.1 Å². The maximum absolute atomic E-state index is 12.9. The van der Waals surface area contributed by atoms with Crippen molar-refractivity contribution >= 4 is 16.9 Å². The Balaban J connectivity index is 1.45. The van der Waals surface area contributed by atoms with E-state index >= 15 is 0 Å². The second-order valence-corrected chi connectivity index (χ2v) is 7.68. The molecule has 5 rings (SSSR count). The summed E-state index contributed by atoms with van der Waals surface area (Å²) in [5.41, 5.74) is 5.07. The number of fused-ring (bicyclic) bond motifs is 1. The number of hydrogen-bond acceptors (Lipinski definition) is 4. The van der Waals surface area contributed by atoms with E-state index in [2.05, 4.69) is 44.5 Å². The van der Waals surface area contributed by atoms with E-state index in [-0.39, 0.29) is 11.9 Å². The lowest BCUT2D eigenvalue weighted by atomic mass is 10.1. The fourth-order valence-corrected chi connectivity index (χ4v) is 3.96. The minimum absolute atomic E-state index is 0.0485. The van der Waals surface area contributed by atoms with Crippen LogP contribution in [0.3, 0.4) is 0 Å². The fraction of sp³-hybridized carbons (Fsp3) is 0.208. The lowest BCUT2D eigenvalue weighted by molar-refractivity contribution is 0.0738. The first-order valence-corrected chi connectivity index (χ1v) is 10.2. The van der Waals surface area contributed by atoms with Crippen LogP contribution in [-0.4, -0.2) is 51.9 Å². The lowest BCUT2D eigenvalue weighted by Crippen LogP contribution is -2.38. The monoisotopic (exact) mass is 397 g/mol. The Labute approximate surface area is 175 Å². The zero-order valence-electron chi connectivity index (χ0n) is 16.8. The molecule has 1 aliphatic rings. The van der Waals surface area contributed by atoms with E-state index in [0.29, 0.717) is 5.69 Å². The number of carbonyl (C=O) groups is 1. The Morgan fingerprint density at radius 2 is 1.93 bits per heavy atom. The van der Waals surface area contributed by atoms with E-state index in [1.54, 1.807) is 17.2 Å². The van der Waals surface area contributed by atoms with Gasteiger partial charge in [0.25, 0.3) is 5.91 Å². The van der Waals surface area contributed by atoms with Crippen molar-refractivity contribution in [1.29, 1.82) is 0 Å². The molecule has 4 aromatic rings. The Hall–Kier alpha value is -3.51. The maximum Gasteiger partial charge on any atom is 0.272 e. The number of aromatic amines is 1. The summed E-state index contributed by atoms with van der Waals surface area (Å²) in [6, 6.07) is 20.1. The van der Waals surface area contributed by atoms with E-state index in [4.69, 9.17) is 0 Å². The van der Waals surface area contributed by atoms with Gasteiger partial charge in [-0.3, -0.25) is 4.79 Å². The molecule has 150 valence electrons. The highest BCUT2D eigenvalue weighted by molar-refractivity contribution is 5.93. The second-order valence-electron chi connectivity index (χ2n) is 7.68. The molecule has 1 fully saturated rings. The van der Waals surface area contributed by atoms with Gasteiger partial charge in [0, 0.05) is 42.5 Å². The number of aromatic nitrogens is 3. The number of nitrogens with zero attached hydrogens (tertiary/aromatic N) is 3. The van der Waals surface area contributed by atoms with E-state index in [9.17, 15) is 4.79 Å². The molecular formula is C24H23N5O. The van der Waals surface area contributed by atoms with Gasteiger partial charge in [-0.05, 0) is 42.8 Å². The van der Waals surface area contributed by atoms with Gasteiger partial charge in [0.05, 0.1) is 5.69 Å². The fourth-order valence-electron chi connectivity index (χ4n) is 3.96. The molecule has 0 aliphatic carbocycles. The Morgan fingerprint density at radius 1 is 1.07 bits per heavy atom. The molecule has 0 bridgehead atoms. The summed E-state index contributed by atoms with van der Waals surface area (Å²) in [6.45, 7) is 1.78. The van der Waals surface area contributed by atoms with Gasteiger partial charge in [0.15, 0.2) is 0 Å². The molecule has 6 heteroatoms. The van der Waals surface area contributed by atoms with Crippen molar-refractivity contribution in [2.45, 2.75) is 12.5 Å². The average Bonchev–Trinajstić information content (AvgIpc) is 3.48. The zero-order chi connectivity index (χ0) is 20.5. The van der Waals surface area contributed by atoms with Gasteiger partial charge in [0.2, 0.25) is 0 Å². The average molecular weight is 397 g/mol. The summed E-state index contributed by atoms with van der Waals surface area (Å²) in [4.78, 5) is 27.3. The SMILES string of the molecule is CN(C(=O)c1cccc(-c2cnc3[nH]c(-c4ccccc4)cc3c2)n1)C1CCNC1. The molecule has 6 nitrogen and oxygen atoms in total. The summed E-state index contributed by atoms with van der Waals surface area (Å²) in [7, 11) is 1.85. The van der Waals surface area contributed by atoms with Crippen molar-refractivity contribution in [3.05, 3.63) is 72.6 Å². The van der Waals surface area contributed by atoms with Crippen molar-refractivity contribution in [2.75, 3.05) is 20.1 Å². The first kappa shape index (κ1) is 18.5. The van der Waals surface area contributed by atoms with Crippen LogP contribution >= 0.6 is 0 Å². The third-order valence-corrected chi connectivity index (χ3v) is 5.72. The van der Waals surface area contributed by atoms with E-state index < -0.39 is 0 Å². The van der Waals surface area contributed by atoms with Gasteiger partial charge < -0.3 is 15.2 Å². The molecule has 1 atom stereocenters. The van der Waals surface area contributed by atoms with Crippen LogP contribution in [0, 0.1) is 0 Å². The molecule has 0 spiro atoms. The molecule has 1 saturated heterocycles. The van der Waals surface area contributed by atoms with Gasteiger partial charge >= 0.3 is 0 Å². The highest BCUT2D eigenvalue weighted by Crippen LogP contribution is 2.26. The van der Waals surface area contributed by atoms with Crippen molar-refractivity contribution in [3.63, 3.8) is 0 Å². The number of hydrogen-bond donors (Lipinski definition) is 2. The predicted octanol–water partition coefficient (Wildman–Crippen LogP) is 3.73. The summed E-state index contributed by atoms with van der Waals surface area (Å²) in [5, 5.41) is 4.32. The van der Waals surface area contributed by atoms with Gasteiger partial charge in [-0.1, -0.05) is 36.4 Å². The minimum Gasteiger partial charge on any atom is -0.339 e. The first-order chi connectivity index (χ1) is 14.7. The number of rotatable bonds is 4. The number of pyridine rings is 2. The Kier molecular flexibility index (Phi) is 4.77. The standard InChI is InChI=1S/C24H23N5O/c1-29(19-10-11-25-15-19)24(30)21-9-5-8-20(27-21)18-12-17-13-22(28-23(17)26-14-18)16-6-3-2-4-7-16/h2-9,12-14,19,25H,10-11,15H2,1H3,(H,26,28). The smallest absolute Gasteiger partial charge is 0.272 e. The van der Waals surface area contributed by atoms with Crippen LogP contribution in [0.25, 0.3) is 33.5 Å².